The Morgan fingerprint density at radius 3 is 1.56 bits per heavy atom. The number of rotatable bonds is 12. The first-order valence-electron chi connectivity index (χ1n) is 7.72. The zero-order valence-electron chi connectivity index (χ0n) is 12.6. The maximum atomic E-state index is 10.8. The van der Waals surface area contributed by atoms with Gasteiger partial charge in [0.05, 0.1) is 5.41 Å². The van der Waals surface area contributed by atoms with Crippen molar-refractivity contribution in [1.82, 2.24) is 0 Å². The van der Waals surface area contributed by atoms with Crippen LogP contribution in [0.4, 0.5) is 0 Å². The van der Waals surface area contributed by atoms with Gasteiger partial charge in [0.1, 0.15) is 0 Å². The van der Waals surface area contributed by atoms with Crippen LogP contribution >= 0.6 is 0 Å². The van der Waals surface area contributed by atoms with Crippen molar-refractivity contribution in [3.05, 3.63) is 0 Å². The molecule has 0 N–H and O–H groups in total. The van der Waals surface area contributed by atoms with E-state index in [4.69, 9.17) is 0 Å². The lowest BCUT2D eigenvalue weighted by molar-refractivity contribution is -0.153. The third-order valence-electron chi connectivity index (χ3n) is 3.71. The van der Waals surface area contributed by atoms with Gasteiger partial charge in [-0.15, -0.1) is 0 Å². The summed E-state index contributed by atoms with van der Waals surface area (Å²) in [4.78, 5) is 10.8. The van der Waals surface area contributed by atoms with Gasteiger partial charge in [-0.1, -0.05) is 71.1 Å². The van der Waals surface area contributed by atoms with E-state index in [0.717, 1.165) is 19.3 Å². The highest BCUT2D eigenvalue weighted by atomic mass is 16.4. The standard InChI is InChI=1S/C16H31O2/c1-4-5-6-7-8-9-10-11-12-13-14-16(2,3)15(17)18/h4-14H2,1-3H3. The number of hydrogen-bond donors (Lipinski definition) is 0. The zero-order chi connectivity index (χ0) is 13.9. The van der Waals surface area contributed by atoms with Crippen LogP contribution in [0.5, 0.6) is 0 Å². The first-order valence-corrected chi connectivity index (χ1v) is 7.72. The predicted octanol–water partition coefficient (Wildman–Crippen LogP) is 5.28. The molecule has 1 radical (unpaired) electrons. The largest absolute Gasteiger partial charge is 0.361 e. The molecule has 0 aromatic carbocycles. The molecule has 0 saturated heterocycles. The SMILES string of the molecule is CCCCCCCCCCCCC(C)(C)C([O])=O. The average Bonchev–Trinajstić information content (AvgIpc) is 2.31. The Labute approximate surface area is 113 Å². The normalized spacial score (nSPS) is 11.7. The summed E-state index contributed by atoms with van der Waals surface area (Å²) < 4.78 is 0. The van der Waals surface area contributed by atoms with Crippen molar-refractivity contribution in [2.24, 2.45) is 5.41 Å². The fourth-order valence-electron chi connectivity index (χ4n) is 2.16. The molecule has 0 aliphatic heterocycles. The molecule has 0 heterocycles. The van der Waals surface area contributed by atoms with E-state index in [1.807, 2.05) is 0 Å². The fraction of sp³-hybridized carbons (Fsp3) is 0.938. The summed E-state index contributed by atoms with van der Waals surface area (Å²) in [5.41, 5.74) is -0.653. The van der Waals surface area contributed by atoms with Gasteiger partial charge in [0, 0.05) is 0 Å². The van der Waals surface area contributed by atoms with Crippen molar-refractivity contribution in [2.45, 2.75) is 91.4 Å². The molecule has 0 atom stereocenters. The van der Waals surface area contributed by atoms with Gasteiger partial charge in [0.15, 0.2) is 0 Å². The zero-order valence-corrected chi connectivity index (χ0v) is 12.6. The fourth-order valence-corrected chi connectivity index (χ4v) is 2.16. The third kappa shape index (κ3) is 9.49. The Balaban J connectivity index is 3.24. The van der Waals surface area contributed by atoms with Crippen molar-refractivity contribution in [3.63, 3.8) is 0 Å². The molecule has 0 spiro atoms. The van der Waals surface area contributed by atoms with Gasteiger partial charge in [-0.05, 0) is 20.3 Å². The molecule has 2 heteroatoms. The Morgan fingerprint density at radius 2 is 1.17 bits per heavy atom. The van der Waals surface area contributed by atoms with Crippen LogP contribution in [-0.4, -0.2) is 5.97 Å². The van der Waals surface area contributed by atoms with Crippen molar-refractivity contribution in [3.8, 4) is 0 Å². The second-order valence-corrected chi connectivity index (χ2v) is 6.10. The smallest absolute Gasteiger partial charge is 0.247 e. The summed E-state index contributed by atoms with van der Waals surface area (Å²) >= 11 is 0. The number of carbonyl (C=O) groups is 1. The maximum Gasteiger partial charge on any atom is 0.361 e. The van der Waals surface area contributed by atoms with Crippen LogP contribution in [0.25, 0.3) is 0 Å². The Kier molecular flexibility index (Phi) is 10.1. The van der Waals surface area contributed by atoms with Crippen molar-refractivity contribution >= 4 is 5.97 Å². The van der Waals surface area contributed by atoms with Gasteiger partial charge < -0.3 is 0 Å². The molecule has 0 unspecified atom stereocenters. The molecule has 18 heavy (non-hydrogen) atoms. The predicted molar refractivity (Wildman–Crippen MR) is 75.9 cm³/mol. The lowest BCUT2D eigenvalue weighted by Crippen LogP contribution is -2.22. The summed E-state index contributed by atoms with van der Waals surface area (Å²) in [6, 6.07) is 0. The van der Waals surface area contributed by atoms with Crippen LogP contribution in [0, 0.1) is 5.41 Å². The van der Waals surface area contributed by atoms with E-state index < -0.39 is 11.4 Å². The van der Waals surface area contributed by atoms with Crippen LogP contribution in [0.15, 0.2) is 0 Å². The van der Waals surface area contributed by atoms with Crippen LogP contribution in [0.3, 0.4) is 0 Å². The maximum absolute atomic E-state index is 10.8. The Morgan fingerprint density at radius 1 is 0.778 bits per heavy atom. The van der Waals surface area contributed by atoms with Gasteiger partial charge in [0.25, 0.3) is 0 Å². The molecule has 2 nitrogen and oxygen atoms in total. The minimum Gasteiger partial charge on any atom is -0.247 e. The molecule has 0 aliphatic carbocycles. The molecule has 0 bridgehead atoms. The van der Waals surface area contributed by atoms with Crippen LogP contribution in [0.1, 0.15) is 91.4 Å². The molecule has 0 aromatic rings. The van der Waals surface area contributed by atoms with E-state index in [2.05, 4.69) is 6.92 Å². The average molecular weight is 255 g/mol. The summed E-state index contributed by atoms with van der Waals surface area (Å²) in [5, 5.41) is 10.8. The first-order chi connectivity index (χ1) is 8.50. The molecule has 0 amide bonds. The highest BCUT2D eigenvalue weighted by Crippen LogP contribution is 2.24. The monoisotopic (exact) mass is 255 g/mol. The van der Waals surface area contributed by atoms with E-state index in [1.165, 1.54) is 51.4 Å². The van der Waals surface area contributed by atoms with Gasteiger partial charge in [-0.2, -0.15) is 0 Å². The molecule has 0 aliphatic rings. The second kappa shape index (κ2) is 10.4. The highest BCUT2D eigenvalue weighted by molar-refractivity contribution is 5.73. The summed E-state index contributed by atoms with van der Waals surface area (Å²) in [6.07, 6.45) is 13.6. The minimum absolute atomic E-state index is 0.653. The minimum atomic E-state index is -0.918. The molecule has 0 rings (SSSR count). The molecule has 0 saturated carbocycles. The van der Waals surface area contributed by atoms with Crippen molar-refractivity contribution < 1.29 is 9.90 Å². The lowest BCUT2D eigenvalue weighted by atomic mass is 9.87. The summed E-state index contributed by atoms with van der Waals surface area (Å²) in [7, 11) is 0. The first kappa shape index (κ1) is 17.5. The van der Waals surface area contributed by atoms with E-state index in [0.29, 0.717) is 0 Å². The molecule has 107 valence electrons. The van der Waals surface area contributed by atoms with Gasteiger partial charge in [-0.3, -0.25) is 0 Å². The van der Waals surface area contributed by atoms with Crippen LogP contribution in [-0.2, 0) is 9.90 Å². The summed E-state index contributed by atoms with van der Waals surface area (Å²) in [6.45, 7) is 5.76. The van der Waals surface area contributed by atoms with E-state index >= 15 is 0 Å². The van der Waals surface area contributed by atoms with E-state index in [9.17, 15) is 9.90 Å². The lowest BCUT2D eigenvalue weighted by Gasteiger charge is -2.16. The van der Waals surface area contributed by atoms with Crippen LogP contribution in [0.2, 0.25) is 0 Å². The van der Waals surface area contributed by atoms with E-state index in [-0.39, 0.29) is 0 Å². The Bertz CT molecular complexity index is 209. The number of unbranched alkanes of at least 4 members (excludes halogenated alkanes) is 9. The quantitative estimate of drug-likeness (QED) is 0.437. The summed E-state index contributed by atoms with van der Waals surface area (Å²) in [5.74, 6) is -0.918. The Hall–Kier alpha value is -0.530. The second-order valence-electron chi connectivity index (χ2n) is 6.10. The van der Waals surface area contributed by atoms with E-state index in [1.54, 1.807) is 13.8 Å². The molecular weight excluding hydrogens is 224 g/mol. The van der Waals surface area contributed by atoms with Crippen molar-refractivity contribution in [1.29, 1.82) is 0 Å². The number of hydrogen-bond acceptors (Lipinski definition) is 1. The molecule has 0 fully saturated rings. The molecular formula is C16H31O2. The van der Waals surface area contributed by atoms with Crippen LogP contribution < -0.4 is 0 Å². The molecule has 0 aromatic heterocycles. The van der Waals surface area contributed by atoms with Gasteiger partial charge in [-0.25, -0.2) is 9.90 Å². The van der Waals surface area contributed by atoms with Crippen molar-refractivity contribution in [2.75, 3.05) is 0 Å². The highest BCUT2D eigenvalue weighted by Gasteiger charge is 2.27. The number of carbonyl (C=O) groups excluding carboxylic acids is 1. The topological polar surface area (TPSA) is 37.0 Å². The third-order valence-corrected chi connectivity index (χ3v) is 3.71. The van der Waals surface area contributed by atoms with Gasteiger partial charge >= 0.3 is 5.97 Å². The van der Waals surface area contributed by atoms with Gasteiger partial charge in [0.2, 0.25) is 0 Å².